The minimum atomic E-state index is -1.99. The number of nitrogens with zero attached hydrogens (tertiary/aromatic N) is 3. The SMILES string of the molecule is CCO/N=C1\[C@H](C)C[C@@](C)(O)[C@H](O[C@@H]2O[C@H](C)C[C@H](N(C)C)[C@H]2O)[C@@H](C)C(O[C@H]2C[C@@](C)(OC)[C@@H](OC(=O)CCOCCOc3cc4c(=O)c(C(=O)O)cn(C5CC5)c4cc3Cl)[C@H](C)O2)[C@@H](C)C(=O)O[C@H](CC)[C@@](C)(O)[C@H](O)[C@H]1C. The molecule has 80 heavy (non-hydrogen) atoms. The van der Waals surface area contributed by atoms with Crippen molar-refractivity contribution in [1.29, 1.82) is 0 Å². The average Bonchev–Trinajstić information content (AvgIpc) is 4.27. The molecule has 1 saturated carbocycles. The number of hydrogen-bond donors (Lipinski definition) is 5. The number of carboxylic acids is 1. The molecular weight excluding hydrogens is 1070 g/mol. The number of aromatic carboxylic acids is 1. The van der Waals surface area contributed by atoms with Gasteiger partial charge in [-0.25, -0.2) is 4.79 Å². The number of oxime groups is 1. The quantitative estimate of drug-likeness (QED) is 0.0646. The third kappa shape index (κ3) is 14.8. The van der Waals surface area contributed by atoms with Crippen LogP contribution in [0, 0.1) is 23.7 Å². The third-order valence-electron chi connectivity index (χ3n) is 16.6. The van der Waals surface area contributed by atoms with Crippen LogP contribution in [0.2, 0.25) is 5.02 Å². The molecule has 3 aliphatic heterocycles. The van der Waals surface area contributed by atoms with Gasteiger partial charge in [-0.05, 0) is 107 Å². The number of aliphatic hydroxyl groups excluding tert-OH is 2. The lowest BCUT2D eigenvalue weighted by atomic mass is 9.73. The van der Waals surface area contributed by atoms with Crippen LogP contribution >= 0.6 is 11.6 Å². The molecule has 0 amide bonds. The first-order valence-corrected chi connectivity index (χ1v) is 28.5. The molecule has 1 aromatic carbocycles. The van der Waals surface area contributed by atoms with E-state index in [-0.39, 0.29) is 92.0 Å². The number of aromatic nitrogens is 1. The third-order valence-corrected chi connectivity index (χ3v) is 16.9. The largest absolute Gasteiger partial charge is 0.490 e. The van der Waals surface area contributed by atoms with Gasteiger partial charge in [-0.2, -0.15) is 0 Å². The first-order valence-electron chi connectivity index (χ1n) is 28.1. The van der Waals surface area contributed by atoms with Crippen molar-refractivity contribution in [2.75, 3.05) is 47.6 Å². The molecule has 1 unspecified atom stereocenters. The smallest absolute Gasteiger partial charge is 0.341 e. The second kappa shape index (κ2) is 27.1. The topological polar surface area (TPSA) is 282 Å². The summed E-state index contributed by atoms with van der Waals surface area (Å²) in [5.41, 5.74) is -5.16. The molecule has 4 heterocycles. The van der Waals surface area contributed by atoms with E-state index in [4.69, 9.17) is 59.1 Å². The Morgan fingerprint density at radius 2 is 1.61 bits per heavy atom. The Kier molecular flexibility index (Phi) is 22.1. The number of rotatable bonds is 19. The highest BCUT2D eigenvalue weighted by molar-refractivity contribution is 6.32. The predicted molar refractivity (Wildman–Crippen MR) is 294 cm³/mol. The summed E-state index contributed by atoms with van der Waals surface area (Å²) in [6, 6.07) is 2.73. The second-order valence-electron chi connectivity index (χ2n) is 23.3. The number of carbonyl (C=O) groups excluding carboxylic acids is 2. The van der Waals surface area contributed by atoms with Crippen molar-refractivity contribution in [3.05, 3.63) is 39.1 Å². The van der Waals surface area contributed by atoms with E-state index in [1.807, 2.05) is 32.8 Å². The van der Waals surface area contributed by atoms with Crippen LogP contribution in [0.4, 0.5) is 0 Å². The zero-order valence-electron chi connectivity index (χ0n) is 48.9. The number of esters is 2. The van der Waals surface area contributed by atoms with Crippen LogP contribution in [0.15, 0.2) is 28.3 Å². The van der Waals surface area contributed by atoms with Gasteiger partial charge in [0.15, 0.2) is 18.7 Å². The molecule has 0 bridgehead atoms. The summed E-state index contributed by atoms with van der Waals surface area (Å²) < 4.78 is 58.0. The van der Waals surface area contributed by atoms with E-state index < -0.39 is 119 Å². The fraction of sp³-hybridized carbons (Fsp3) is 0.772. The zero-order chi connectivity index (χ0) is 59.3. The van der Waals surface area contributed by atoms with Gasteiger partial charge in [-0.1, -0.05) is 44.5 Å². The Bertz CT molecular complexity index is 2540. The van der Waals surface area contributed by atoms with E-state index in [1.165, 1.54) is 26.3 Å². The van der Waals surface area contributed by atoms with E-state index in [2.05, 4.69) is 5.16 Å². The molecule has 5 N–H and O–H groups in total. The van der Waals surface area contributed by atoms with E-state index in [1.54, 1.807) is 66.0 Å². The van der Waals surface area contributed by atoms with Crippen LogP contribution in [-0.4, -0.2) is 191 Å². The number of pyridine rings is 1. The van der Waals surface area contributed by atoms with Gasteiger partial charge >= 0.3 is 17.9 Å². The van der Waals surface area contributed by atoms with Gasteiger partial charge in [0.2, 0.25) is 5.43 Å². The minimum Gasteiger partial charge on any atom is -0.490 e. The molecule has 452 valence electrons. The van der Waals surface area contributed by atoms with Gasteiger partial charge in [-0.3, -0.25) is 14.4 Å². The normalized spacial score (nSPS) is 37.3. The van der Waals surface area contributed by atoms with Gasteiger partial charge in [0.25, 0.3) is 0 Å². The lowest BCUT2D eigenvalue weighted by Crippen LogP contribution is -2.61. The summed E-state index contributed by atoms with van der Waals surface area (Å²) in [4.78, 5) is 60.5. The fourth-order valence-electron chi connectivity index (χ4n) is 11.9. The number of ether oxygens (including phenoxy) is 9. The summed E-state index contributed by atoms with van der Waals surface area (Å²) in [6.07, 6.45) is -7.38. The molecule has 3 saturated heterocycles. The van der Waals surface area contributed by atoms with Crippen LogP contribution in [0.5, 0.6) is 5.75 Å². The van der Waals surface area contributed by atoms with Crippen molar-refractivity contribution in [2.24, 2.45) is 28.8 Å². The van der Waals surface area contributed by atoms with Crippen LogP contribution in [0.25, 0.3) is 10.9 Å². The number of aliphatic hydroxyl groups is 4. The maximum Gasteiger partial charge on any atom is 0.341 e. The molecule has 2 aromatic rings. The average molecular weight is 1150 g/mol. The highest BCUT2D eigenvalue weighted by Crippen LogP contribution is 2.43. The summed E-state index contributed by atoms with van der Waals surface area (Å²) in [5, 5.41) is 63.2. The summed E-state index contributed by atoms with van der Waals surface area (Å²) in [6.45, 7) is 18.8. The Morgan fingerprint density at radius 1 is 0.925 bits per heavy atom. The summed E-state index contributed by atoms with van der Waals surface area (Å²) >= 11 is 6.56. The summed E-state index contributed by atoms with van der Waals surface area (Å²) in [5.74, 6) is -6.09. The van der Waals surface area contributed by atoms with Crippen LogP contribution < -0.4 is 10.2 Å². The number of hydrogen-bond acceptors (Lipinski definition) is 20. The lowest BCUT2D eigenvalue weighted by molar-refractivity contribution is -0.318. The van der Waals surface area contributed by atoms with Gasteiger partial charge in [0.05, 0.1) is 83.3 Å². The molecule has 0 spiro atoms. The van der Waals surface area contributed by atoms with Crippen molar-refractivity contribution < 1.29 is 87.4 Å². The molecular formula is C57H88ClN3O19. The predicted octanol–water partition coefficient (Wildman–Crippen LogP) is 5.65. The van der Waals surface area contributed by atoms with Gasteiger partial charge in [0, 0.05) is 49.6 Å². The maximum atomic E-state index is 14.6. The molecule has 23 heteroatoms. The van der Waals surface area contributed by atoms with Gasteiger partial charge < -0.3 is 82.5 Å². The second-order valence-corrected chi connectivity index (χ2v) is 23.7. The van der Waals surface area contributed by atoms with E-state index >= 15 is 0 Å². The molecule has 4 fully saturated rings. The highest BCUT2D eigenvalue weighted by Gasteiger charge is 2.54. The number of likely N-dealkylation sites (N-methyl/N-ethyl adjacent to an activating group) is 1. The number of methoxy groups -OCH3 is 1. The van der Waals surface area contributed by atoms with Crippen LogP contribution in [-0.2, 0) is 52.3 Å². The van der Waals surface area contributed by atoms with Crippen molar-refractivity contribution in [3.63, 3.8) is 0 Å². The monoisotopic (exact) mass is 1150 g/mol. The Balaban J connectivity index is 1.20. The maximum absolute atomic E-state index is 14.6. The van der Waals surface area contributed by atoms with E-state index in [0.29, 0.717) is 17.6 Å². The van der Waals surface area contributed by atoms with Crippen molar-refractivity contribution >= 4 is 46.1 Å². The number of halogens is 1. The first-order chi connectivity index (χ1) is 37.5. The molecule has 1 aromatic heterocycles. The Hall–Kier alpha value is -4.04. The van der Waals surface area contributed by atoms with Crippen LogP contribution in [0.1, 0.15) is 138 Å². The van der Waals surface area contributed by atoms with Crippen molar-refractivity contribution in [1.82, 2.24) is 9.47 Å². The standard InChI is InChI=1S/C57H88ClN3O19/c1-15-42-57(11,70)49(65)31(5)45(59-74-16-2)29(3)26-55(9,69)50(80-54-47(64)40(60(12)13)23-30(4)75-54)32(6)48(33(7)53(68)77-42)79-44-27-56(10,71-14)51(34(8)76-44)78-43(62)19-20-72-21-22-73-41-24-36-39(25-38(41)58)61(35-17-18-35)28-37(46(36)63)52(66)67/h24-25,28-35,40,42,44,47-51,54,64-65,69-70H,15-23,26-27H2,1-14H3,(H,66,67)/b59-45+/t29-,30-,31+,32+,33-,34+,40+,42-,44+,47-,48?,49-,50-,51+,54+,55-,56-,57-/m1/s1. The summed E-state index contributed by atoms with van der Waals surface area (Å²) in [7, 11) is 5.16. The number of benzene rings is 1. The number of carbonyl (C=O) groups is 3. The zero-order valence-corrected chi connectivity index (χ0v) is 49.7. The molecule has 1 aliphatic carbocycles. The Morgan fingerprint density at radius 3 is 2.23 bits per heavy atom. The molecule has 0 radical (unpaired) electrons. The van der Waals surface area contributed by atoms with Crippen molar-refractivity contribution in [2.45, 2.75) is 211 Å². The van der Waals surface area contributed by atoms with Gasteiger partial charge in [-0.15, -0.1) is 0 Å². The fourth-order valence-corrected chi connectivity index (χ4v) is 12.1. The number of cyclic esters (lactones) is 1. The van der Waals surface area contributed by atoms with E-state index in [9.17, 15) is 44.7 Å². The Labute approximate surface area is 474 Å². The minimum absolute atomic E-state index is 0.00902. The van der Waals surface area contributed by atoms with Crippen molar-refractivity contribution in [3.8, 4) is 5.75 Å². The molecule has 4 aliphatic rings. The number of carboxylic acid groups (broad SMARTS) is 1. The van der Waals surface area contributed by atoms with Gasteiger partial charge in [0.1, 0.15) is 47.9 Å². The molecule has 6 rings (SSSR count). The lowest BCUT2D eigenvalue weighted by Gasteiger charge is -2.49. The molecule has 22 nitrogen and oxygen atoms in total. The van der Waals surface area contributed by atoms with E-state index in [0.717, 1.165) is 12.8 Å². The van der Waals surface area contributed by atoms with Crippen LogP contribution in [0.3, 0.4) is 0 Å². The first kappa shape index (κ1) is 65.1. The molecule has 18 atom stereocenters. The highest BCUT2D eigenvalue weighted by atomic mass is 35.5. The number of fused-ring (bicyclic) bond motifs is 1.